The van der Waals surface area contributed by atoms with Crippen LogP contribution in [-0.4, -0.2) is 48.6 Å². The minimum absolute atomic E-state index is 0.0918. The van der Waals surface area contributed by atoms with Gasteiger partial charge in [-0.2, -0.15) is 0 Å². The van der Waals surface area contributed by atoms with E-state index in [2.05, 4.69) is 39.0 Å². The number of pyridine rings is 1. The number of hydrogen-bond acceptors (Lipinski definition) is 4. The molecule has 2 saturated heterocycles. The first kappa shape index (κ1) is 20.6. The van der Waals surface area contributed by atoms with Gasteiger partial charge in [0.25, 0.3) is 0 Å². The molecule has 2 aliphatic rings. The highest BCUT2D eigenvalue weighted by atomic mass is 16.5. The molecule has 1 atom stereocenters. The smallest absolute Gasteiger partial charge is 0.222 e. The Morgan fingerprint density at radius 2 is 1.72 bits per heavy atom. The summed E-state index contributed by atoms with van der Waals surface area (Å²) in [7, 11) is 0. The Labute approximate surface area is 189 Å². The molecule has 32 heavy (non-hydrogen) atoms. The van der Waals surface area contributed by atoms with Gasteiger partial charge in [0, 0.05) is 62.0 Å². The van der Waals surface area contributed by atoms with Crippen LogP contribution in [0.3, 0.4) is 0 Å². The summed E-state index contributed by atoms with van der Waals surface area (Å²) in [5.74, 6) is 1.45. The van der Waals surface area contributed by atoms with Crippen LogP contribution < -0.4 is 9.64 Å². The van der Waals surface area contributed by atoms with E-state index < -0.39 is 0 Å². The summed E-state index contributed by atoms with van der Waals surface area (Å²) >= 11 is 0. The van der Waals surface area contributed by atoms with Gasteiger partial charge in [-0.25, -0.2) is 0 Å². The molecule has 5 nitrogen and oxygen atoms in total. The first-order valence-electron chi connectivity index (χ1n) is 11.4. The van der Waals surface area contributed by atoms with Gasteiger partial charge in [0.05, 0.1) is 6.61 Å². The molecule has 3 heterocycles. The first-order valence-corrected chi connectivity index (χ1v) is 11.4. The summed E-state index contributed by atoms with van der Waals surface area (Å²) in [6.07, 6.45) is 4.87. The van der Waals surface area contributed by atoms with E-state index in [-0.39, 0.29) is 11.3 Å². The second kappa shape index (κ2) is 9.03. The van der Waals surface area contributed by atoms with Crippen molar-refractivity contribution in [2.24, 2.45) is 11.3 Å². The number of amides is 1. The average molecular weight is 428 g/mol. The van der Waals surface area contributed by atoms with Gasteiger partial charge >= 0.3 is 0 Å². The van der Waals surface area contributed by atoms with Crippen LogP contribution in [0.4, 0.5) is 5.69 Å². The van der Waals surface area contributed by atoms with Gasteiger partial charge in [-0.3, -0.25) is 9.78 Å². The number of carbonyl (C=O) groups is 1. The lowest BCUT2D eigenvalue weighted by molar-refractivity contribution is -0.130. The topological polar surface area (TPSA) is 45.7 Å². The van der Waals surface area contributed by atoms with Crippen LogP contribution in [0.1, 0.15) is 12.0 Å². The molecule has 0 N–H and O–H groups in total. The summed E-state index contributed by atoms with van der Waals surface area (Å²) in [5.41, 5.74) is 2.45. The summed E-state index contributed by atoms with van der Waals surface area (Å²) in [6, 6.07) is 24.5. The molecule has 0 saturated carbocycles. The number of para-hydroxylation sites is 2. The molecule has 5 rings (SSSR count). The number of nitrogens with zero attached hydrogens (tertiary/aromatic N) is 3. The van der Waals surface area contributed by atoms with E-state index in [1.807, 2.05) is 54.7 Å². The Kier molecular flexibility index (Phi) is 5.80. The predicted octanol–water partition coefficient (Wildman–Crippen LogP) is 4.06. The molecule has 1 unspecified atom stereocenters. The SMILES string of the molecule is O=C(CCc1cccnc1)N1CC(COc2ccccc2)C2(C1)CN(c1ccccc1)C2. The number of rotatable bonds is 7. The Bertz CT molecular complexity index is 1020. The Hall–Kier alpha value is -3.34. The maximum atomic E-state index is 13.1. The van der Waals surface area contributed by atoms with Crippen LogP contribution in [0.2, 0.25) is 0 Å². The minimum atomic E-state index is 0.0918. The van der Waals surface area contributed by atoms with Gasteiger partial charge < -0.3 is 14.5 Å². The van der Waals surface area contributed by atoms with Crippen LogP contribution in [0.25, 0.3) is 0 Å². The lowest BCUT2D eigenvalue weighted by Crippen LogP contribution is -2.61. The van der Waals surface area contributed by atoms with Crippen molar-refractivity contribution in [3.05, 3.63) is 90.8 Å². The maximum absolute atomic E-state index is 13.1. The molecular weight excluding hydrogens is 398 g/mol. The molecule has 0 radical (unpaired) electrons. The molecular formula is C27H29N3O2. The number of benzene rings is 2. The van der Waals surface area contributed by atoms with Crippen molar-refractivity contribution < 1.29 is 9.53 Å². The number of carbonyl (C=O) groups excluding carboxylic acids is 1. The zero-order valence-electron chi connectivity index (χ0n) is 18.3. The molecule has 2 aliphatic heterocycles. The van der Waals surface area contributed by atoms with Crippen molar-refractivity contribution in [2.75, 3.05) is 37.7 Å². The van der Waals surface area contributed by atoms with E-state index in [0.717, 1.165) is 43.9 Å². The van der Waals surface area contributed by atoms with Crippen molar-refractivity contribution >= 4 is 11.6 Å². The van der Waals surface area contributed by atoms with E-state index >= 15 is 0 Å². The fraction of sp³-hybridized carbons (Fsp3) is 0.333. The number of aromatic nitrogens is 1. The predicted molar refractivity (Wildman–Crippen MR) is 126 cm³/mol. The van der Waals surface area contributed by atoms with Gasteiger partial charge in [-0.05, 0) is 42.3 Å². The molecule has 0 bridgehead atoms. The molecule has 1 aromatic heterocycles. The standard InChI is InChI=1S/C27H29N3O2/c31-26(14-13-22-8-7-15-28-16-22)29-17-23(18-32-25-11-5-2-6-12-25)27(19-29)20-30(21-27)24-9-3-1-4-10-24/h1-12,15-16,23H,13-14,17-21H2. The Morgan fingerprint density at radius 1 is 0.969 bits per heavy atom. The second-order valence-electron chi connectivity index (χ2n) is 9.01. The third-order valence-corrected chi connectivity index (χ3v) is 6.84. The molecule has 5 heteroatoms. The Balaban J connectivity index is 1.26. The van der Waals surface area contributed by atoms with Crippen molar-refractivity contribution in [1.82, 2.24) is 9.88 Å². The minimum Gasteiger partial charge on any atom is -0.493 e. The molecule has 164 valence electrons. The number of aryl methyl sites for hydroxylation is 1. The van der Waals surface area contributed by atoms with Crippen molar-refractivity contribution in [3.8, 4) is 5.75 Å². The van der Waals surface area contributed by atoms with E-state index in [1.165, 1.54) is 5.69 Å². The highest BCUT2D eigenvalue weighted by molar-refractivity contribution is 5.77. The molecule has 2 aromatic carbocycles. The van der Waals surface area contributed by atoms with Crippen LogP contribution in [0.5, 0.6) is 5.75 Å². The number of anilines is 1. The third kappa shape index (κ3) is 4.33. The average Bonchev–Trinajstić information content (AvgIpc) is 3.22. The van der Waals surface area contributed by atoms with Crippen LogP contribution in [-0.2, 0) is 11.2 Å². The van der Waals surface area contributed by atoms with Crippen molar-refractivity contribution in [2.45, 2.75) is 12.8 Å². The van der Waals surface area contributed by atoms with E-state index in [9.17, 15) is 4.79 Å². The van der Waals surface area contributed by atoms with Crippen LogP contribution in [0, 0.1) is 11.3 Å². The third-order valence-electron chi connectivity index (χ3n) is 6.84. The van der Waals surface area contributed by atoms with E-state index in [4.69, 9.17) is 4.74 Å². The largest absolute Gasteiger partial charge is 0.493 e. The lowest BCUT2D eigenvalue weighted by atomic mass is 9.71. The highest BCUT2D eigenvalue weighted by Gasteiger charge is 2.55. The number of ether oxygens (including phenoxy) is 1. The van der Waals surface area contributed by atoms with Gasteiger partial charge in [0.2, 0.25) is 5.91 Å². The van der Waals surface area contributed by atoms with E-state index in [0.29, 0.717) is 18.9 Å². The van der Waals surface area contributed by atoms with E-state index in [1.54, 1.807) is 6.20 Å². The molecule has 1 amide bonds. The summed E-state index contributed by atoms with van der Waals surface area (Å²) in [4.78, 5) is 21.7. The Morgan fingerprint density at radius 3 is 2.44 bits per heavy atom. The maximum Gasteiger partial charge on any atom is 0.222 e. The fourth-order valence-electron chi connectivity index (χ4n) is 5.02. The normalized spacial score (nSPS) is 19.1. The first-order chi connectivity index (χ1) is 15.7. The molecule has 0 aliphatic carbocycles. The zero-order chi connectivity index (χ0) is 21.8. The molecule has 1 spiro atoms. The number of likely N-dealkylation sites (tertiary alicyclic amines) is 1. The second-order valence-corrected chi connectivity index (χ2v) is 9.01. The zero-order valence-corrected chi connectivity index (χ0v) is 18.3. The van der Waals surface area contributed by atoms with Crippen LogP contribution in [0.15, 0.2) is 85.2 Å². The van der Waals surface area contributed by atoms with Gasteiger partial charge in [0.1, 0.15) is 5.75 Å². The summed E-state index contributed by atoms with van der Waals surface area (Å²) in [6.45, 7) is 4.14. The number of hydrogen-bond donors (Lipinski definition) is 0. The van der Waals surface area contributed by atoms with Crippen molar-refractivity contribution in [1.29, 1.82) is 0 Å². The highest BCUT2D eigenvalue weighted by Crippen LogP contribution is 2.46. The van der Waals surface area contributed by atoms with Gasteiger partial charge in [-0.1, -0.05) is 42.5 Å². The van der Waals surface area contributed by atoms with Crippen molar-refractivity contribution in [3.63, 3.8) is 0 Å². The lowest BCUT2D eigenvalue weighted by Gasteiger charge is -2.52. The quantitative estimate of drug-likeness (QED) is 0.571. The summed E-state index contributed by atoms with van der Waals surface area (Å²) in [5, 5.41) is 0. The summed E-state index contributed by atoms with van der Waals surface area (Å²) < 4.78 is 6.15. The fourth-order valence-corrected chi connectivity index (χ4v) is 5.02. The van der Waals surface area contributed by atoms with Gasteiger partial charge in [0.15, 0.2) is 0 Å². The monoisotopic (exact) mass is 427 g/mol. The van der Waals surface area contributed by atoms with Crippen LogP contribution >= 0.6 is 0 Å². The molecule has 2 fully saturated rings. The van der Waals surface area contributed by atoms with Gasteiger partial charge in [-0.15, -0.1) is 0 Å². The molecule has 3 aromatic rings.